The monoisotopic (exact) mass is 273 g/mol. The minimum Gasteiger partial charge on any atom is -0.488 e. The molecule has 0 radical (unpaired) electrons. The highest BCUT2D eigenvalue weighted by Gasteiger charge is 2.10. The maximum Gasteiger partial charge on any atom is 0.165 e. The van der Waals surface area contributed by atoms with Crippen LogP contribution in [0.25, 0.3) is 0 Å². The summed E-state index contributed by atoms with van der Waals surface area (Å²) >= 11 is 0. The van der Waals surface area contributed by atoms with Gasteiger partial charge in [0.15, 0.2) is 11.6 Å². The van der Waals surface area contributed by atoms with Crippen molar-refractivity contribution in [1.29, 1.82) is 0 Å². The molecule has 3 nitrogen and oxygen atoms in total. The van der Waals surface area contributed by atoms with Crippen LogP contribution in [0.2, 0.25) is 0 Å². The molecule has 102 valence electrons. The molecule has 1 aromatic rings. The molecule has 0 amide bonds. The number of aryl methyl sites for hydroxylation is 1. The lowest BCUT2D eigenvalue weighted by atomic mass is 10.1. The molecule has 2 unspecified atom stereocenters. The zero-order valence-corrected chi connectivity index (χ0v) is 11.9. The first-order valence-electron chi connectivity index (χ1n) is 6.13. The largest absolute Gasteiger partial charge is 0.488 e. The molecule has 2 N–H and O–H groups in total. The number of nitrogens with one attached hydrogen (secondary N) is 1. The van der Waals surface area contributed by atoms with E-state index in [2.05, 4.69) is 11.8 Å². The second-order valence-electron chi connectivity index (χ2n) is 4.17. The third-order valence-corrected chi connectivity index (χ3v) is 3.05. The smallest absolute Gasteiger partial charge is 0.165 e. The van der Waals surface area contributed by atoms with Crippen molar-refractivity contribution in [3.05, 3.63) is 29.6 Å². The molecule has 0 aromatic heterocycles. The van der Waals surface area contributed by atoms with Gasteiger partial charge in [0, 0.05) is 0 Å². The Morgan fingerprint density at radius 1 is 1.50 bits per heavy atom. The predicted octanol–water partition coefficient (Wildman–Crippen LogP) is 2.33. The van der Waals surface area contributed by atoms with Crippen molar-refractivity contribution in [3.63, 3.8) is 0 Å². The van der Waals surface area contributed by atoms with Gasteiger partial charge >= 0.3 is 0 Å². The maximum atomic E-state index is 13.7. The number of halogens is 1. The van der Waals surface area contributed by atoms with Crippen molar-refractivity contribution in [2.24, 2.45) is 0 Å². The third-order valence-electron chi connectivity index (χ3n) is 2.44. The quantitative estimate of drug-likeness (QED) is 0.564. The number of aliphatic hydroxyl groups is 1. The van der Waals surface area contributed by atoms with Crippen molar-refractivity contribution in [2.75, 3.05) is 19.8 Å². The molecule has 0 saturated carbocycles. The van der Waals surface area contributed by atoms with E-state index in [0.29, 0.717) is 0 Å². The number of benzene rings is 1. The average Bonchev–Trinajstić information content (AvgIpc) is 2.33. The number of rotatable bonds is 8. The van der Waals surface area contributed by atoms with Gasteiger partial charge in [-0.3, -0.25) is 5.09 Å². The summed E-state index contributed by atoms with van der Waals surface area (Å²) < 4.78 is 19.0. The Bertz CT molecular complexity index is 361. The van der Waals surface area contributed by atoms with Crippen LogP contribution in [-0.4, -0.2) is 31.0 Å². The molecule has 0 aliphatic carbocycles. The Hall–Kier alpha value is -0.700. The van der Waals surface area contributed by atoms with Gasteiger partial charge in [-0.1, -0.05) is 20.9 Å². The molecule has 0 spiro atoms. The fourth-order valence-electron chi connectivity index (χ4n) is 1.61. The van der Waals surface area contributed by atoms with Crippen LogP contribution < -0.4 is 9.82 Å². The zero-order valence-electron chi connectivity index (χ0n) is 10.9. The first kappa shape index (κ1) is 15.4. The van der Waals surface area contributed by atoms with Gasteiger partial charge in [-0.15, -0.1) is 0 Å². The van der Waals surface area contributed by atoms with Crippen LogP contribution in [0.4, 0.5) is 4.39 Å². The SMILES string of the molecule is CPNCCCc1cccc(F)c1OCC(C)O. The van der Waals surface area contributed by atoms with Crippen molar-refractivity contribution in [3.8, 4) is 5.75 Å². The van der Waals surface area contributed by atoms with E-state index in [4.69, 9.17) is 4.74 Å². The highest BCUT2D eigenvalue weighted by Crippen LogP contribution is 2.24. The lowest BCUT2D eigenvalue weighted by Crippen LogP contribution is -2.14. The Morgan fingerprint density at radius 2 is 2.28 bits per heavy atom. The molecule has 2 atom stereocenters. The summed E-state index contributed by atoms with van der Waals surface area (Å²) in [6.07, 6.45) is 1.11. The van der Waals surface area contributed by atoms with E-state index < -0.39 is 6.10 Å². The standard InChI is InChI=1S/C13H21FNO2P/c1-10(16)9-17-13-11(5-3-7-12(13)14)6-4-8-15-18-2/h3,5,7,10,15-16,18H,4,6,8-9H2,1-2H3. The predicted molar refractivity (Wildman–Crippen MR) is 74.1 cm³/mol. The fourth-order valence-corrected chi connectivity index (χ4v) is 2.03. The van der Waals surface area contributed by atoms with Gasteiger partial charge in [-0.05, 0) is 44.6 Å². The molecule has 5 heteroatoms. The summed E-state index contributed by atoms with van der Waals surface area (Å²) in [6, 6.07) is 4.94. The summed E-state index contributed by atoms with van der Waals surface area (Å²) in [4.78, 5) is 0. The fraction of sp³-hybridized carbons (Fsp3) is 0.538. The number of ether oxygens (including phenoxy) is 1. The summed E-state index contributed by atoms with van der Waals surface area (Å²) in [6.45, 7) is 4.73. The van der Waals surface area contributed by atoms with Gasteiger partial charge in [-0.2, -0.15) is 0 Å². The summed E-state index contributed by atoms with van der Waals surface area (Å²) in [5, 5.41) is 12.4. The van der Waals surface area contributed by atoms with Gasteiger partial charge in [-0.25, -0.2) is 4.39 Å². The van der Waals surface area contributed by atoms with Crippen molar-refractivity contribution < 1.29 is 14.2 Å². The van der Waals surface area contributed by atoms with Crippen LogP contribution in [0.5, 0.6) is 5.75 Å². The van der Waals surface area contributed by atoms with E-state index in [-0.39, 0.29) is 18.2 Å². The van der Waals surface area contributed by atoms with Crippen molar-refractivity contribution in [2.45, 2.75) is 25.9 Å². The van der Waals surface area contributed by atoms with E-state index in [1.165, 1.54) is 6.07 Å². The summed E-state index contributed by atoms with van der Waals surface area (Å²) in [5.74, 6) is -0.0872. The van der Waals surface area contributed by atoms with E-state index in [1.54, 1.807) is 13.0 Å². The van der Waals surface area contributed by atoms with Gasteiger partial charge in [0.1, 0.15) is 6.61 Å². The number of para-hydroxylation sites is 1. The molecule has 0 aliphatic heterocycles. The second-order valence-corrected chi connectivity index (χ2v) is 5.02. The third kappa shape index (κ3) is 5.30. The van der Waals surface area contributed by atoms with E-state index >= 15 is 0 Å². The number of aliphatic hydroxyl groups excluding tert-OH is 1. The molecule has 0 fully saturated rings. The van der Waals surface area contributed by atoms with Crippen LogP contribution in [0.1, 0.15) is 18.9 Å². The van der Waals surface area contributed by atoms with Gasteiger partial charge in [0.05, 0.1) is 6.10 Å². The molecule has 0 bridgehead atoms. The summed E-state index contributed by atoms with van der Waals surface area (Å²) in [5.41, 5.74) is 0.858. The Labute approximate surface area is 110 Å². The molecular weight excluding hydrogens is 252 g/mol. The minimum absolute atomic E-state index is 0.114. The van der Waals surface area contributed by atoms with E-state index in [9.17, 15) is 9.50 Å². The van der Waals surface area contributed by atoms with E-state index in [1.807, 2.05) is 6.07 Å². The zero-order chi connectivity index (χ0) is 13.4. The maximum absolute atomic E-state index is 13.7. The van der Waals surface area contributed by atoms with Crippen molar-refractivity contribution in [1.82, 2.24) is 5.09 Å². The summed E-state index contributed by atoms with van der Waals surface area (Å²) in [7, 11) is 0.729. The van der Waals surface area contributed by atoms with Crippen LogP contribution in [0.3, 0.4) is 0 Å². The molecule has 0 aliphatic rings. The highest BCUT2D eigenvalue weighted by atomic mass is 31.1. The normalized spacial score (nSPS) is 13.1. The lowest BCUT2D eigenvalue weighted by molar-refractivity contribution is 0.119. The van der Waals surface area contributed by atoms with Gasteiger partial charge < -0.3 is 9.84 Å². The highest BCUT2D eigenvalue weighted by molar-refractivity contribution is 7.34. The molecule has 18 heavy (non-hydrogen) atoms. The number of hydrogen-bond acceptors (Lipinski definition) is 3. The van der Waals surface area contributed by atoms with Gasteiger partial charge in [0.2, 0.25) is 0 Å². The minimum atomic E-state index is -0.597. The topological polar surface area (TPSA) is 41.5 Å². The average molecular weight is 273 g/mol. The Morgan fingerprint density at radius 3 is 2.94 bits per heavy atom. The van der Waals surface area contributed by atoms with E-state index in [0.717, 1.165) is 33.7 Å². The van der Waals surface area contributed by atoms with Gasteiger partial charge in [0.25, 0.3) is 0 Å². The molecule has 1 rings (SSSR count). The van der Waals surface area contributed by atoms with Crippen LogP contribution in [0.15, 0.2) is 18.2 Å². The molecule has 1 aromatic carbocycles. The molecule has 0 saturated heterocycles. The Kier molecular flexibility index (Phi) is 7.18. The second kappa shape index (κ2) is 8.41. The molecular formula is C13H21FNO2P. The van der Waals surface area contributed by atoms with Crippen molar-refractivity contribution >= 4 is 8.73 Å². The van der Waals surface area contributed by atoms with Crippen LogP contribution in [-0.2, 0) is 6.42 Å². The first-order valence-corrected chi connectivity index (χ1v) is 7.63. The molecule has 0 heterocycles. The van der Waals surface area contributed by atoms with Crippen LogP contribution >= 0.6 is 8.73 Å². The van der Waals surface area contributed by atoms with Crippen LogP contribution in [0, 0.1) is 5.82 Å². The lowest BCUT2D eigenvalue weighted by Gasteiger charge is -2.13. The first-order chi connectivity index (χ1) is 8.65. The number of hydrogen-bond donors (Lipinski definition) is 2. The Balaban J connectivity index is 2.61.